The SMILES string of the molecule is CCOC(CN)COc1ccccc1SC. The molecule has 0 saturated carbocycles. The smallest absolute Gasteiger partial charge is 0.132 e. The van der Waals surface area contributed by atoms with Crippen LogP contribution in [-0.2, 0) is 4.74 Å². The highest BCUT2D eigenvalue weighted by atomic mass is 32.2. The van der Waals surface area contributed by atoms with Crippen LogP contribution in [0, 0.1) is 0 Å². The van der Waals surface area contributed by atoms with E-state index < -0.39 is 0 Å². The van der Waals surface area contributed by atoms with Crippen molar-refractivity contribution in [2.24, 2.45) is 5.73 Å². The summed E-state index contributed by atoms with van der Waals surface area (Å²) in [6, 6.07) is 7.97. The van der Waals surface area contributed by atoms with Gasteiger partial charge in [-0.3, -0.25) is 0 Å². The van der Waals surface area contributed by atoms with Gasteiger partial charge < -0.3 is 15.2 Å². The molecule has 1 atom stereocenters. The third kappa shape index (κ3) is 4.04. The molecule has 0 aliphatic carbocycles. The molecule has 0 spiro atoms. The largest absolute Gasteiger partial charge is 0.490 e. The van der Waals surface area contributed by atoms with E-state index in [0.29, 0.717) is 19.8 Å². The Morgan fingerprint density at radius 1 is 1.38 bits per heavy atom. The van der Waals surface area contributed by atoms with Crippen molar-refractivity contribution >= 4 is 11.8 Å². The lowest BCUT2D eigenvalue weighted by Gasteiger charge is -2.16. The van der Waals surface area contributed by atoms with Crippen molar-refractivity contribution in [2.75, 3.05) is 26.0 Å². The van der Waals surface area contributed by atoms with Crippen LogP contribution < -0.4 is 10.5 Å². The van der Waals surface area contributed by atoms with E-state index in [-0.39, 0.29) is 6.10 Å². The van der Waals surface area contributed by atoms with Crippen molar-refractivity contribution in [2.45, 2.75) is 17.9 Å². The first kappa shape index (κ1) is 13.4. The van der Waals surface area contributed by atoms with Gasteiger partial charge in [0.2, 0.25) is 0 Å². The molecule has 16 heavy (non-hydrogen) atoms. The van der Waals surface area contributed by atoms with Crippen LogP contribution in [0.25, 0.3) is 0 Å². The molecule has 1 unspecified atom stereocenters. The monoisotopic (exact) mass is 241 g/mol. The first-order valence-electron chi connectivity index (χ1n) is 5.39. The molecule has 90 valence electrons. The predicted molar refractivity (Wildman–Crippen MR) is 68.2 cm³/mol. The second-order valence-electron chi connectivity index (χ2n) is 3.27. The van der Waals surface area contributed by atoms with Crippen LogP contribution in [0.15, 0.2) is 29.2 Å². The van der Waals surface area contributed by atoms with Crippen molar-refractivity contribution in [3.05, 3.63) is 24.3 Å². The Labute approximate surface area is 101 Å². The van der Waals surface area contributed by atoms with E-state index in [1.54, 1.807) is 11.8 Å². The maximum atomic E-state index is 5.71. The lowest BCUT2D eigenvalue weighted by molar-refractivity contribution is 0.0329. The summed E-state index contributed by atoms with van der Waals surface area (Å²) in [6.45, 7) is 3.60. The molecule has 1 aromatic carbocycles. The second kappa shape index (κ2) is 7.54. The minimum Gasteiger partial charge on any atom is -0.490 e. The molecule has 0 saturated heterocycles. The summed E-state index contributed by atoms with van der Waals surface area (Å²) in [5.74, 6) is 0.896. The highest BCUT2D eigenvalue weighted by molar-refractivity contribution is 7.98. The molecule has 0 amide bonds. The van der Waals surface area contributed by atoms with Crippen LogP contribution in [0.2, 0.25) is 0 Å². The summed E-state index contributed by atoms with van der Waals surface area (Å²) in [6.07, 6.45) is 2.01. The molecular weight excluding hydrogens is 222 g/mol. The molecule has 0 aromatic heterocycles. The highest BCUT2D eigenvalue weighted by Crippen LogP contribution is 2.26. The normalized spacial score (nSPS) is 12.4. The number of thioether (sulfide) groups is 1. The minimum absolute atomic E-state index is 0.0279. The van der Waals surface area contributed by atoms with Gasteiger partial charge in [-0.25, -0.2) is 0 Å². The molecule has 4 heteroatoms. The fourth-order valence-corrected chi connectivity index (χ4v) is 1.88. The molecule has 0 radical (unpaired) electrons. The Balaban J connectivity index is 2.52. The zero-order valence-electron chi connectivity index (χ0n) is 9.81. The number of benzene rings is 1. The standard InChI is InChI=1S/C12H19NO2S/c1-3-14-10(8-13)9-15-11-6-4-5-7-12(11)16-2/h4-7,10H,3,8-9,13H2,1-2H3. The lowest BCUT2D eigenvalue weighted by atomic mass is 10.3. The molecule has 2 N–H and O–H groups in total. The zero-order chi connectivity index (χ0) is 11.8. The summed E-state index contributed by atoms with van der Waals surface area (Å²) in [5.41, 5.74) is 5.58. The van der Waals surface area contributed by atoms with Gasteiger partial charge >= 0.3 is 0 Å². The van der Waals surface area contributed by atoms with E-state index in [9.17, 15) is 0 Å². The van der Waals surface area contributed by atoms with Crippen molar-refractivity contribution in [3.63, 3.8) is 0 Å². The van der Waals surface area contributed by atoms with E-state index in [1.165, 1.54) is 0 Å². The van der Waals surface area contributed by atoms with Gasteiger partial charge in [-0.05, 0) is 25.3 Å². The Morgan fingerprint density at radius 2 is 2.12 bits per heavy atom. The van der Waals surface area contributed by atoms with Crippen LogP contribution in [0.1, 0.15) is 6.92 Å². The van der Waals surface area contributed by atoms with E-state index in [2.05, 4.69) is 0 Å². The summed E-state index contributed by atoms with van der Waals surface area (Å²) < 4.78 is 11.1. The molecule has 0 fully saturated rings. The van der Waals surface area contributed by atoms with E-state index in [1.807, 2.05) is 37.4 Å². The molecule has 0 aliphatic rings. The van der Waals surface area contributed by atoms with Crippen LogP contribution >= 0.6 is 11.8 Å². The Kier molecular flexibility index (Phi) is 6.30. The Hall–Kier alpha value is -0.710. The summed E-state index contributed by atoms with van der Waals surface area (Å²) in [5, 5.41) is 0. The molecule has 0 aliphatic heterocycles. The van der Waals surface area contributed by atoms with Crippen molar-refractivity contribution in [1.29, 1.82) is 0 Å². The van der Waals surface area contributed by atoms with Gasteiger partial charge in [0.25, 0.3) is 0 Å². The minimum atomic E-state index is -0.0279. The summed E-state index contributed by atoms with van der Waals surface area (Å²) in [7, 11) is 0. The molecule has 0 bridgehead atoms. The van der Waals surface area contributed by atoms with Gasteiger partial charge in [0, 0.05) is 18.0 Å². The number of hydrogen-bond donors (Lipinski definition) is 1. The number of nitrogens with two attached hydrogens (primary N) is 1. The van der Waals surface area contributed by atoms with Gasteiger partial charge in [-0.2, -0.15) is 0 Å². The topological polar surface area (TPSA) is 44.5 Å². The summed E-state index contributed by atoms with van der Waals surface area (Å²) >= 11 is 1.67. The molecule has 3 nitrogen and oxygen atoms in total. The van der Waals surface area contributed by atoms with Gasteiger partial charge in [0.1, 0.15) is 18.5 Å². The fraction of sp³-hybridized carbons (Fsp3) is 0.500. The average Bonchev–Trinajstić information content (AvgIpc) is 2.34. The van der Waals surface area contributed by atoms with E-state index in [0.717, 1.165) is 10.6 Å². The first-order chi connectivity index (χ1) is 7.81. The van der Waals surface area contributed by atoms with Crippen LogP contribution in [0.3, 0.4) is 0 Å². The van der Waals surface area contributed by atoms with E-state index in [4.69, 9.17) is 15.2 Å². The summed E-state index contributed by atoms with van der Waals surface area (Å²) in [4.78, 5) is 1.13. The molecule has 1 aromatic rings. The van der Waals surface area contributed by atoms with Gasteiger partial charge in [-0.1, -0.05) is 12.1 Å². The number of para-hydroxylation sites is 1. The zero-order valence-corrected chi connectivity index (χ0v) is 10.6. The average molecular weight is 241 g/mol. The maximum Gasteiger partial charge on any atom is 0.132 e. The maximum absolute atomic E-state index is 5.71. The van der Waals surface area contributed by atoms with Crippen LogP contribution in [-0.4, -0.2) is 32.1 Å². The van der Waals surface area contributed by atoms with Crippen LogP contribution in [0.4, 0.5) is 0 Å². The van der Waals surface area contributed by atoms with Crippen molar-refractivity contribution in [1.82, 2.24) is 0 Å². The fourth-order valence-electron chi connectivity index (χ4n) is 1.34. The molecule has 0 heterocycles. The second-order valence-corrected chi connectivity index (χ2v) is 4.12. The van der Waals surface area contributed by atoms with E-state index >= 15 is 0 Å². The highest BCUT2D eigenvalue weighted by Gasteiger charge is 2.08. The lowest BCUT2D eigenvalue weighted by Crippen LogP contribution is -2.30. The predicted octanol–water partition coefficient (Wildman–Crippen LogP) is 2.15. The van der Waals surface area contributed by atoms with Gasteiger partial charge in [-0.15, -0.1) is 11.8 Å². The molecular formula is C12H19NO2S. The van der Waals surface area contributed by atoms with Gasteiger partial charge in [0.15, 0.2) is 0 Å². The van der Waals surface area contributed by atoms with Gasteiger partial charge in [0.05, 0.1) is 0 Å². The third-order valence-corrected chi connectivity index (χ3v) is 2.94. The first-order valence-corrected chi connectivity index (χ1v) is 6.61. The van der Waals surface area contributed by atoms with Crippen LogP contribution in [0.5, 0.6) is 5.75 Å². The Bertz CT molecular complexity index is 307. The number of hydrogen-bond acceptors (Lipinski definition) is 4. The molecule has 1 rings (SSSR count). The quantitative estimate of drug-likeness (QED) is 0.743. The third-order valence-electron chi connectivity index (χ3n) is 2.16. The van der Waals surface area contributed by atoms with Crippen molar-refractivity contribution < 1.29 is 9.47 Å². The van der Waals surface area contributed by atoms with Crippen molar-refractivity contribution in [3.8, 4) is 5.75 Å². The number of rotatable bonds is 7. The number of ether oxygens (including phenoxy) is 2. The Morgan fingerprint density at radius 3 is 2.75 bits per heavy atom.